The van der Waals surface area contributed by atoms with Gasteiger partial charge in [-0.3, -0.25) is 14.7 Å². The predicted octanol–water partition coefficient (Wildman–Crippen LogP) is 2.76. The first kappa shape index (κ1) is 25.5. The van der Waals surface area contributed by atoms with Crippen LogP contribution >= 0.6 is 11.6 Å². The second-order valence-corrected chi connectivity index (χ2v) is 11.5. The third kappa shape index (κ3) is 5.10. The molecule has 0 saturated carbocycles. The Balaban J connectivity index is 1.23. The lowest BCUT2D eigenvalue weighted by Crippen LogP contribution is -2.61. The average Bonchev–Trinajstić information content (AvgIpc) is 3.24. The minimum Gasteiger partial charge on any atom is -0.386 e. The molecule has 38 heavy (non-hydrogen) atoms. The average molecular weight is 535 g/mol. The molecule has 1 aliphatic carbocycles. The van der Waals surface area contributed by atoms with Gasteiger partial charge in [-0.2, -0.15) is 0 Å². The van der Waals surface area contributed by atoms with E-state index in [1.807, 2.05) is 40.9 Å². The van der Waals surface area contributed by atoms with E-state index in [1.54, 1.807) is 6.33 Å². The molecule has 0 bridgehead atoms. The number of nitrogens with one attached hydrogen (secondary N) is 1. The molecular weight excluding hydrogens is 500 g/mol. The number of carbonyl (C=O) groups is 1. The van der Waals surface area contributed by atoms with Gasteiger partial charge in [-0.25, -0.2) is 4.98 Å². The molecule has 0 radical (unpaired) electrons. The van der Waals surface area contributed by atoms with Gasteiger partial charge in [0, 0.05) is 43.6 Å². The van der Waals surface area contributed by atoms with Gasteiger partial charge < -0.3 is 19.9 Å². The number of piperazine rings is 1. The second kappa shape index (κ2) is 10.4. The smallest absolute Gasteiger partial charge is 0.241 e. The maximum absolute atomic E-state index is 13.8. The Kier molecular flexibility index (Phi) is 6.99. The monoisotopic (exact) mass is 534 g/mol. The van der Waals surface area contributed by atoms with E-state index in [1.165, 1.54) is 16.7 Å². The first-order chi connectivity index (χ1) is 18.4. The summed E-state index contributed by atoms with van der Waals surface area (Å²) in [6, 6.07) is 9.98. The van der Waals surface area contributed by atoms with Crippen LogP contribution in [0, 0.1) is 6.92 Å². The number of amides is 1. The van der Waals surface area contributed by atoms with Gasteiger partial charge in [-0.05, 0) is 67.5 Å². The van der Waals surface area contributed by atoms with E-state index < -0.39 is 5.60 Å². The van der Waals surface area contributed by atoms with Gasteiger partial charge in [-0.15, -0.1) is 0 Å². The van der Waals surface area contributed by atoms with E-state index >= 15 is 0 Å². The maximum atomic E-state index is 13.8. The molecule has 2 fully saturated rings. The van der Waals surface area contributed by atoms with Crippen LogP contribution in [0.25, 0.3) is 0 Å². The number of halogens is 1. The minimum absolute atomic E-state index is 0.0267. The first-order valence-corrected chi connectivity index (χ1v) is 14.0. The molecule has 0 spiro atoms. The Hall–Kier alpha value is -2.78. The largest absolute Gasteiger partial charge is 0.386 e. The zero-order valence-electron chi connectivity index (χ0n) is 21.8. The topological polar surface area (TPSA) is 86.5 Å². The van der Waals surface area contributed by atoms with Gasteiger partial charge in [0.15, 0.2) is 0 Å². The Morgan fingerprint density at radius 2 is 2.08 bits per heavy atom. The van der Waals surface area contributed by atoms with Gasteiger partial charge in [0.1, 0.15) is 5.60 Å². The van der Waals surface area contributed by atoms with Crippen molar-refractivity contribution in [2.75, 3.05) is 32.7 Å². The van der Waals surface area contributed by atoms with Crippen molar-refractivity contribution in [2.45, 2.75) is 56.8 Å². The molecule has 3 aliphatic rings. The number of fused-ring (bicyclic) bond motifs is 2. The summed E-state index contributed by atoms with van der Waals surface area (Å²) < 4.78 is 1.92. The van der Waals surface area contributed by atoms with Crippen LogP contribution in [0.15, 0.2) is 49.1 Å². The number of benzene rings is 1. The zero-order valence-corrected chi connectivity index (χ0v) is 22.6. The van der Waals surface area contributed by atoms with Crippen molar-refractivity contribution in [1.29, 1.82) is 0 Å². The molecule has 2 saturated heterocycles. The normalized spacial score (nSPS) is 25.9. The molecule has 3 aromatic rings. The number of aromatic nitrogens is 3. The second-order valence-electron chi connectivity index (χ2n) is 11.1. The molecule has 4 heterocycles. The summed E-state index contributed by atoms with van der Waals surface area (Å²) in [5.41, 5.74) is 4.76. The van der Waals surface area contributed by atoms with Crippen molar-refractivity contribution >= 4 is 17.5 Å². The summed E-state index contributed by atoms with van der Waals surface area (Å²) in [6.45, 7) is 5.48. The number of aliphatic hydroxyl groups is 1. The van der Waals surface area contributed by atoms with Crippen molar-refractivity contribution in [3.8, 4) is 0 Å². The Labute approximate surface area is 228 Å². The molecule has 200 valence electrons. The lowest BCUT2D eigenvalue weighted by Gasteiger charge is -2.43. The standard InChI is InChI=1S/C29H35ClN6O2/c1-20-15-34(19-33-20)17-29(38)9-3-12-36(18-29)28(37)25-16-35(13-11-31-25)27-24-8-7-23(30)14-22(24)6-5-21-4-2-10-32-26(21)27/h2,4,7-8,10,14-15,19,25,27,31,38H,3,5-6,9,11-13,16-18H2,1H3/t25-,27-,29?/m1/s1. The lowest BCUT2D eigenvalue weighted by molar-refractivity contribution is -0.142. The maximum Gasteiger partial charge on any atom is 0.241 e. The third-order valence-corrected chi connectivity index (χ3v) is 8.46. The van der Waals surface area contributed by atoms with Crippen LogP contribution < -0.4 is 5.32 Å². The number of hydrogen-bond acceptors (Lipinski definition) is 6. The number of imidazole rings is 1. The zero-order chi connectivity index (χ0) is 26.3. The fourth-order valence-corrected chi connectivity index (χ4v) is 6.67. The van der Waals surface area contributed by atoms with Gasteiger partial charge in [-0.1, -0.05) is 23.7 Å². The van der Waals surface area contributed by atoms with Crippen molar-refractivity contribution < 1.29 is 9.90 Å². The van der Waals surface area contributed by atoms with Gasteiger partial charge >= 0.3 is 0 Å². The van der Waals surface area contributed by atoms with Gasteiger partial charge in [0.2, 0.25) is 5.91 Å². The SMILES string of the molecule is Cc1cn(CC2(O)CCCN(C(=O)[C@H]3CN([C@@H]4c5ccc(Cl)cc5CCc5cccnc54)CCN3)C2)cn1. The van der Waals surface area contributed by atoms with Crippen LogP contribution in [0.2, 0.25) is 5.02 Å². The summed E-state index contributed by atoms with van der Waals surface area (Å²) in [5, 5.41) is 15.6. The number of piperidine rings is 1. The van der Waals surface area contributed by atoms with E-state index in [-0.39, 0.29) is 18.0 Å². The van der Waals surface area contributed by atoms with Crippen LogP contribution in [-0.2, 0) is 24.2 Å². The van der Waals surface area contributed by atoms with Crippen LogP contribution in [0.4, 0.5) is 0 Å². The summed E-state index contributed by atoms with van der Waals surface area (Å²) in [7, 11) is 0. The minimum atomic E-state index is -0.961. The Bertz CT molecular complexity index is 1330. The van der Waals surface area contributed by atoms with E-state index in [0.29, 0.717) is 39.1 Å². The highest BCUT2D eigenvalue weighted by atomic mass is 35.5. The number of pyridine rings is 1. The summed E-state index contributed by atoms with van der Waals surface area (Å²) in [4.78, 5) is 27.2. The highest BCUT2D eigenvalue weighted by molar-refractivity contribution is 6.30. The van der Waals surface area contributed by atoms with Crippen molar-refractivity contribution in [1.82, 2.24) is 29.7 Å². The highest BCUT2D eigenvalue weighted by Crippen LogP contribution is 2.37. The van der Waals surface area contributed by atoms with E-state index in [4.69, 9.17) is 16.6 Å². The number of hydrogen-bond donors (Lipinski definition) is 2. The van der Waals surface area contributed by atoms with Crippen LogP contribution in [0.3, 0.4) is 0 Å². The number of carbonyl (C=O) groups excluding carboxylic acids is 1. The van der Waals surface area contributed by atoms with Gasteiger partial charge in [0.05, 0.1) is 42.9 Å². The molecule has 9 heteroatoms. The Morgan fingerprint density at radius 3 is 2.92 bits per heavy atom. The number of β-amino-alcohol motifs (C(OH)–C–C–N with tert-alkyl or cyclic N) is 1. The fraction of sp³-hybridized carbons (Fsp3) is 0.483. The fourth-order valence-electron chi connectivity index (χ4n) is 6.47. The predicted molar refractivity (Wildman–Crippen MR) is 146 cm³/mol. The van der Waals surface area contributed by atoms with Crippen LogP contribution in [0.1, 0.15) is 47.0 Å². The summed E-state index contributed by atoms with van der Waals surface area (Å²) in [5.74, 6) is 0.0563. The number of likely N-dealkylation sites (tertiary alicyclic amines) is 1. The van der Waals surface area contributed by atoms with Gasteiger partial charge in [0.25, 0.3) is 0 Å². The summed E-state index contributed by atoms with van der Waals surface area (Å²) in [6.07, 6.45) is 8.84. The molecule has 6 rings (SSSR count). The molecule has 1 aromatic carbocycles. The first-order valence-electron chi connectivity index (χ1n) is 13.6. The molecular formula is C29H35ClN6O2. The molecule has 3 atom stereocenters. The molecule has 2 aliphatic heterocycles. The van der Waals surface area contributed by atoms with E-state index in [9.17, 15) is 9.90 Å². The third-order valence-electron chi connectivity index (χ3n) is 8.22. The van der Waals surface area contributed by atoms with E-state index in [0.717, 1.165) is 42.2 Å². The quantitative estimate of drug-likeness (QED) is 0.535. The summed E-state index contributed by atoms with van der Waals surface area (Å²) >= 11 is 6.39. The van der Waals surface area contributed by atoms with Crippen LogP contribution in [-0.4, -0.2) is 79.7 Å². The number of aryl methyl sites for hydroxylation is 3. The molecule has 2 N–H and O–H groups in total. The van der Waals surface area contributed by atoms with Crippen molar-refractivity contribution in [2.24, 2.45) is 0 Å². The molecule has 1 amide bonds. The Morgan fingerprint density at radius 1 is 1.21 bits per heavy atom. The number of nitrogens with zero attached hydrogens (tertiary/aromatic N) is 5. The van der Waals surface area contributed by atoms with Crippen LogP contribution in [0.5, 0.6) is 0 Å². The van der Waals surface area contributed by atoms with Crippen molar-refractivity contribution in [3.63, 3.8) is 0 Å². The van der Waals surface area contributed by atoms with Crippen molar-refractivity contribution in [3.05, 3.63) is 82.2 Å². The highest BCUT2D eigenvalue weighted by Gasteiger charge is 2.40. The molecule has 2 aromatic heterocycles. The molecule has 8 nitrogen and oxygen atoms in total. The molecule has 1 unspecified atom stereocenters. The lowest BCUT2D eigenvalue weighted by atomic mass is 9.91. The van der Waals surface area contributed by atoms with E-state index in [2.05, 4.69) is 33.4 Å². The number of rotatable bonds is 4.